The summed E-state index contributed by atoms with van der Waals surface area (Å²) >= 11 is 0. The van der Waals surface area contributed by atoms with Crippen LogP contribution in [0.15, 0.2) is 35.4 Å². The minimum Gasteiger partial charge on any atom is -0.327 e. The Morgan fingerprint density at radius 2 is 2.04 bits per heavy atom. The third-order valence-corrected chi connectivity index (χ3v) is 6.82. The molecule has 0 amide bonds. The van der Waals surface area contributed by atoms with Crippen molar-refractivity contribution in [1.29, 1.82) is 0 Å². The molecule has 1 unspecified atom stereocenters. The van der Waals surface area contributed by atoms with Crippen LogP contribution in [0.2, 0.25) is 0 Å². The molecular weight excluding hydrogens is 310 g/mol. The molecule has 1 saturated heterocycles. The summed E-state index contributed by atoms with van der Waals surface area (Å²) in [6, 6.07) is 7.47. The molecule has 2 N–H and O–H groups in total. The first kappa shape index (κ1) is 16.4. The van der Waals surface area contributed by atoms with Crippen molar-refractivity contribution in [2.75, 3.05) is 13.1 Å². The molecule has 1 fully saturated rings. The van der Waals surface area contributed by atoms with E-state index >= 15 is 0 Å². The van der Waals surface area contributed by atoms with Crippen LogP contribution in [0.1, 0.15) is 25.8 Å². The number of aromatic nitrogens is 1. The van der Waals surface area contributed by atoms with E-state index in [1.54, 1.807) is 10.5 Å². The van der Waals surface area contributed by atoms with Gasteiger partial charge in [0.25, 0.3) is 0 Å². The Bertz CT molecular complexity index is 846. The molecule has 1 atom stereocenters. The molecule has 1 aliphatic rings. The van der Waals surface area contributed by atoms with Crippen molar-refractivity contribution < 1.29 is 8.42 Å². The van der Waals surface area contributed by atoms with E-state index in [9.17, 15) is 8.42 Å². The number of sulfonamides is 1. The Labute approximate surface area is 137 Å². The fourth-order valence-electron chi connectivity index (χ4n) is 3.20. The molecule has 0 aliphatic carbocycles. The lowest BCUT2D eigenvalue weighted by molar-refractivity contribution is 0.155. The van der Waals surface area contributed by atoms with Gasteiger partial charge in [-0.05, 0) is 30.4 Å². The SMILES string of the molecule is Cc1ccc2cccnc2c1S(=O)(=O)N1CCC(N)C(C)(C)C1. The van der Waals surface area contributed by atoms with Crippen LogP contribution in [-0.4, -0.2) is 36.8 Å². The van der Waals surface area contributed by atoms with E-state index in [-0.39, 0.29) is 11.5 Å². The van der Waals surface area contributed by atoms with E-state index < -0.39 is 10.0 Å². The van der Waals surface area contributed by atoms with Crippen molar-refractivity contribution in [3.05, 3.63) is 36.0 Å². The van der Waals surface area contributed by atoms with Gasteiger partial charge < -0.3 is 5.73 Å². The van der Waals surface area contributed by atoms with Crippen LogP contribution >= 0.6 is 0 Å². The lowest BCUT2D eigenvalue weighted by atomic mass is 9.81. The van der Waals surface area contributed by atoms with Gasteiger partial charge in [0.2, 0.25) is 10.0 Å². The molecule has 0 bridgehead atoms. The van der Waals surface area contributed by atoms with Gasteiger partial charge in [0, 0.05) is 30.7 Å². The first-order valence-corrected chi connectivity index (χ1v) is 9.27. The quantitative estimate of drug-likeness (QED) is 0.915. The summed E-state index contributed by atoms with van der Waals surface area (Å²) < 4.78 is 28.1. The van der Waals surface area contributed by atoms with Gasteiger partial charge >= 0.3 is 0 Å². The van der Waals surface area contributed by atoms with E-state index in [2.05, 4.69) is 4.98 Å². The van der Waals surface area contributed by atoms with Gasteiger partial charge in [-0.3, -0.25) is 4.98 Å². The third kappa shape index (κ3) is 2.75. The van der Waals surface area contributed by atoms with Crippen LogP contribution in [0.3, 0.4) is 0 Å². The number of fused-ring (bicyclic) bond motifs is 1. The maximum absolute atomic E-state index is 13.3. The van der Waals surface area contributed by atoms with E-state index in [1.165, 1.54) is 0 Å². The first-order valence-electron chi connectivity index (χ1n) is 7.83. The Morgan fingerprint density at radius 1 is 1.30 bits per heavy atom. The number of piperidine rings is 1. The normalized spacial score (nSPS) is 22.3. The van der Waals surface area contributed by atoms with Crippen LogP contribution in [0, 0.1) is 12.3 Å². The molecule has 5 nitrogen and oxygen atoms in total. The zero-order chi connectivity index (χ0) is 16.8. The summed E-state index contributed by atoms with van der Waals surface area (Å²) in [4.78, 5) is 4.65. The van der Waals surface area contributed by atoms with Gasteiger partial charge in [0.15, 0.2) is 0 Å². The van der Waals surface area contributed by atoms with Crippen LogP contribution in [-0.2, 0) is 10.0 Å². The molecule has 2 aromatic rings. The highest BCUT2D eigenvalue weighted by atomic mass is 32.2. The second kappa shape index (κ2) is 5.54. The lowest BCUT2D eigenvalue weighted by Gasteiger charge is -2.41. The highest BCUT2D eigenvalue weighted by Gasteiger charge is 2.39. The highest BCUT2D eigenvalue weighted by molar-refractivity contribution is 7.89. The zero-order valence-electron chi connectivity index (χ0n) is 13.8. The Balaban J connectivity index is 2.13. The van der Waals surface area contributed by atoms with Crippen molar-refractivity contribution in [2.24, 2.45) is 11.1 Å². The zero-order valence-corrected chi connectivity index (χ0v) is 14.6. The molecule has 6 heteroatoms. The monoisotopic (exact) mass is 333 g/mol. The standard InChI is InChI=1S/C17H23N3O2S/c1-12-6-7-13-5-4-9-19-15(13)16(12)23(21,22)20-10-8-14(18)17(2,3)11-20/h4-7,9,14H,8,10-11,18H2,1-3H3. The second-order valence-electron chi connectivity index (χ2n) is 7.01. The minimum atomic E-state index is -3.60. The summed E-state index contributed by atoms with van der Waals surface area (Å²) in [7, 11) is -3.60. The molecule has 0 radical (unpaired) electrons. The lowest BCUT2D eigenvalue weighted by Crippen LogP contribution is -2.53. The maximum atomic E-state index is 13.3. The van der Waals surface area contributed by atoms with Crippen LogP contribution < -0.4 is 5.73 Å². The number of nitrogens with two attached hydrogens (primary N) is 1. The van der Waals surface area contributed by atoms with Crippen LogP contribution in [0.5, 0.6) is 0 Å². The Morgan fingerprint density at radius 3 is 2.74 bits per heavy atom. The number of aryl methyl sites for hydroxylation is 1. The molecule has 124 valence electrons. The van der Waals surface area contributed by atoms with Gasteiger partial charge in [-0.25, -0.2) is 8.42 Å². The molecule has 1 aliphatic heterocycles. The number of hydrogen-bond donors (Lipinski definition) is 1. The number of rotatable bonds is 2. The van der Waals surface area contributed by atoms with Crippen molar-refractivity contribution >= 4 is 20.9 Å². The van der Waals surface area contributed by atoms with Crippen LogP contribution in [0.25, 0.3) is 10.9 Å². The maximum Gasteiger partial charge on any atom is 0.245 e. The third-order valence-electron chi connectivity index (χ3n) is 4.80. The van der Waals surface area contributed by atoms with Gasteiger partial charge in [-0.15, -0.1) is 0 Å². The Hall–Kier alpha value is -1.50. The predicted octanol–water partition coefficient (Wildman–Crippen LogP) is 2.29. The fraction of sp³-hybridized carbons (Fsp3) is 0.471. The molecule has 1 aromatic heterocycles. The van der Waals surface area contributed by atoms with Gasteiger partial charge in [-0.2, -0.15) is 4.31 Å². The topological polar surface area (TPSA) is 76.3 Å². The number of hydrogen-bond acceptors (Lipinski definition) is 4. The Kier molecular flexibility index (Phi) is 3.94. The van der Waals surface area contributed by atoms with Crippen molar-refractivity contribution in [1.82, 2.24) is 9.29 Å². The summed E-state index contributed by atoms with van der Waals surface area (Å²) in [6.07, 6.45) is 2.31. The molecular formula is C17H23N3O2S. The molecule has 3 rings (SSSR count). The van der Waals surface area contributed by atoms with E-state index in [4.69, 9.17) is 5.73 Å². The highest BCUT2D eigenvalue weighted by Crippen LogP contribution is 2.34. The summed E-state index contributed by atoms with van der Waals surface area (Å²) in [6.45, 7) is 6.75. The second-order valence-corrected chi connectivity index (χ2v) is 8.88. The van der Waals surface area contributed by atoms with Crippen molar-refractivity contribution in [3.8, 4) is 0 Å². The van der Waals surface area contributed by atoms with E-state index in [1.807, 2.05) is 45.0 Å². The number of pyridine rings is 1. The molecule has 23 heavy (non-hydrogen) atoms. The van der Waals surface area contributed by atoms with E-state index in [0.717, 1.165) is 10.9 Å². The van der Waals surface area contributed by atoms with Crippen molar-refractivity contribution in [3.63, 3.8) is 0 Å². The minimum absolute atomic E-state index is 0.0145. The van der Waals surface area contributed by atoms with Gasteiger partial charge in [0.1, 0.15) is 4.90 Å². The molecule has 0 saturated carbocycles. The average Bonchev–Trinajstić information content (AvgIpc) is 2.49. The first-order chi connectivity index (χ1) is 10.7. The van der Waals surface area contributed by atoms with Gasteiger partial charge in [0.05, 0.1) is 5.52 Å². The number of nitrogens with zero attached hydrogens (tertiary/aromatic N) is 2. The molecule has 0 spiro atoms. The summed E-state index contributed by atoms with van der Waals surface area (Å²) in [5, 5.41) is 0.838. The predicted molar refractivity (Wildman–Crippen MR) is 91.6 cm³/mol. The fourth-order valence-corrected chi connectivity index (χ4v) is 5.20. The van der Waals surface area contributed by atoms with Crippen LogP contribution in [0.4, 0.5) is 0 Å². The molecule has 2 heterocycles. The summed E-state index contributed by atoms with van der Waals surface area (Å²) in [5.41, 5.74) is 7.17. The largest absolute Gasteiger partial charge is 0.327 e. The van der Waals surface area contributed by atoms with Crippen molar-refractivity contribution in [2.45, 2.75) is 38.1 Å². The number of benzene rings is 1. The average molecular weight is 333 g/mol. The van der Waals surface area contributed by atoms with Gasteiger partial charge in [-0.1, -0.05) is 32.0 Å². The van der Waals surface area contributed by atoms with E-state index in [0.29, 0.717) is 29.9 Å². The smallest absolute Gasteiger partial charge is 0.245 e. The summed E-state index contributed by atoms with van der Waals surface area (Å²) in [5.74, 6) is 0. The molecule has 1 aromatic carbocycles.